The van der Waals surface area contributed by atoms with Gasteiger partial charge in [-0.25, -0.2) is 4.98 Å². The Morgan fingerprint density at radius 2 is 1.96 bits per heavy atom. The highest BCUT2D eigenvalue weighted by Gasteiger charge is 2.25. The molecule has 6 nitrogen and oxygen atoms in total. The van der Waals surface area contributed by atoms with E-state index < -0.39 is 11.9 Å². The van der Waals surface area contributed by atoms with Crippen molar-refractivity contribution in [1.82, 2.24) is 14.1 Å². The Bertz CT molecular complexity index is 969. The molecule has 0 spiro atoms. The molecule has 1 aromatic carbocycles. The van der Waals surface area contributed by atoms with E-state index in [2.05, 4.69) is 4.98 Å². The van der Waals surface area contributed by atoms with Crippen LogP contribution in [0.5, 0.6) is 0 Å². The number of aryl methyl sites for hydroxylation is 1. The first-order valence-electron chi connectivity index (χ1n) is 7.83. The maximum atomic E-state index is 12.8. The number of para-hydroxylation sites is 1. The summed E-state index contributed by atoms with van der Waals surface area (Å²) < 4.78 is 3.29. The lowest BCUT2D eigenvalue weighted by Gasteiger charge is -2.21. The minimum Gasteiger partial charge on any atom is -0.368 e. The van der Waals surface area contributed by atoms with Crippen LogP contribution in [0.15, 0.2) is 47.5 Å². The third-order valence-electron chi connectivity index (χ3n) is 4.27. The first-order chi connectivity index (χ1) is 11.4. The molecular formula is C18H20N4O2. The zero-order valence-corrected chi connectivity index (χ0v) is 13.9. The molecule has 3 aromatic rings. The van der Waals surface area contributed by atoms with Gasteiger partial charge in [0.25, 0.3) is 5.56 Å². The molecule has 0 saturated heterocycles. The first-order valence-corrected chi connectivity index (χ1v) is 7.83. The molecule has 0 aliphatic rings. The Morgan fingerprint density at radius 3 is 2.62 bits per heavy atom. The van der Waals surface area contributed by atoms with Crippen molar-refractivity contribution in [2.24, 2.45) is 18.7 Å². The highest BCUT2D eigenvalue weighted by atomic mass is 16.1. The molecule has 0 aliphatic heterocycles. The minimum absolute atomic E-state index is 0.0141. The number of pyridine rings is 1. The van der Waals surface area contributed by atoms with E-state index in [4.69, 9.17) is 5.73 Å². The average Bonchev–Trinajstić information content (AvgIpc) is 2.99. The van der Waals surface area contributed by atoms with Gasteiger partial charge in [0.15, 0.2) is 0 Å². The van der Waals surface area contributed by atoms with E-state index in [-0.39, 0.29) is 11.5 Å². The van der Waals surface area contributed by atoms with Crippen LogP contribution >= 0.6 is 0 Å². The number of amides is 1. The summed E-state index contributed by atoms with van der Waals surface area (Å²) in [5.41, 5.74) is 6.70. The third kappa shape index (κ3) is 2.50. The van der Waals surface area contributed by atoms with Gasteiger partial charge in [0.2, 0.25) is 5.91 Å². The highest BCUT2D eigenvalue weighted by molar-refractivity contribution is 5.84. The SMILES string of the molecule is CC(C)[C@@H](C(N)=O)n1ccnc1-c1cc2ccccc2n(C)c1=O. The monoisotopic (exact) mass is 324 g/mol. The number of carbonyl (C=O) groups is 1. The molecule has 0 aliphatic carbocycles. The molecule has 3 rings (SSSR count). The number of carbonyl (C=O) groups excluding carboxylic acids is 1. The standard InChI is InChI=1S/C18H20N4O2/c1-11(2)15(16(19)23)22-9-8-20-17(22)13-10-12-6-4-5-7-14(12)21(3)18(13)24/h4-11,15H,1-3H3,(H2,19,23)/t15-/m0/s1. The van der Waals surface area contributed by atoms with Crippen LogP contribution in [0.2, 0.25) is 0 Å². The summed E-state index contributed by atoms with van der Waals surface area (Å²) in [6, 6.07) is 8.91. The number of hydrogen-bond acceptors (Lipinski definition) is 3. The molecule has 2 aromatic heterocycles. The van der Waals surface area contributed by atoms with Gasteiger partial charge in [-0.05, 0) is 23.4 Å². The fraction of sp³-hybridized carbons (Fsp3) is 0.278. The maximum Gasteiger partial charge on any atom is 0.261 e. The Balaban J connectivity index is 2.27. The van der Waals surface area contributed by atoms with Gasteiger partial charge < -0.3 is 14.9 Å². The Labute approximate surface area is 139 Å². The van der Waals surface area contributed by atoms with E-state index in [0.717, 1.165) is 10.9 Å². The van der Waals surface area contributed by atoms with E-state index in [0.29, 0.717) is 11.4 Å². The van der Waals surface area contributed by atoms with Crippen LogP contribution in [0.3, 0.4) is 0 Å². The topological polar surface area (TPSA) is 82.9 Å². The van der Waals surface area contributed by atoms with Gasteiger partial charge in [-0.2, -0.15) is 0 Å². The number of nitrogens with two attached hydrogens (primary N) is 1. The zero-order chi connectivity index (χ0) is 17.4. The molecule has 2 N–H and O–H groups in total. The van der Waals surface area contributed by atoms with Crippen molar-refractivity contribution in [3.63, 3.8) is 0 Å². The molecule has 0 fully saturated rings. The number of nitrogens with zero attached hydrogens (tertiary/aromatic N) is 3. The van der Waals surface area contributed by atoms with Crippen molar-refractivity contribution in [1.29, 1.82) is 0 Å². The maximum absolute atomic E-state index is 12.8. The van der Waals surface area contributed by atoms with E-state index in [1.54, 1.807) is 28.6 Å². The molecule has 2 heterocycles. The van der Waals surface area contributed by atoms with E-state index in [1.165, 1.54) is 0 Å². The van der Waals surface area contributed by atoms with Gasteiger partial charge in [0.05, 0.1) is 11.1 Å². The van der Waals surface area contributed by atoms with Crippen molar-refractivity contribution >= 4 is 16.8 Å². The molecule has 0 saturated carbocycles. The van der Waals surface area contributed by atoms with Crippen molar-refractivity contribution < 1.29 is 4.79 Å². The second kappa shape index (κ2) is 5.96. The average molecular weight is 324 g/mol. The van der Waals surface area contributed by atoms with Crippen LogP contribution in [0.25, 0.3) is 22.3 Å². The molecule has 0 unspecified atom stereocenters. The van der Waals surface area contributed by atoms with Crippen LogP contribution in [-0.4, -0.2) is 20.0 Å². The molecule has 6 heteroatoms. The lowest BCUT2D eigenvalue weighted by Crippen LogP contribution is -2.31. The van der Waals surface area contributed by atoms with Crippen molar-refractivity contribution in [3.05, 3.63) is 53.1 Å². The second-order valence-corrected chi connectivity index (χ2v) is 6.23. The van der Waals surface area contributed by atoms with Crippen LogP contribution in [-0.2, 0) is 11.8 Å². The number of rotatable bonds is 4. The van der Waals surface area contributed by atoms with Gasteiger partial charge in [0, 0.05) is 19.4 Å². The van der Waals surface area contributed by atoms with Gasteiger partial charge in [-0.3, -0.25) is 9.59 Å². The Morgan fingerprint density at radius 1 is 1.25 bits per heavy atom. The van der Waals surface area contributed by atoms with Gasteiger partial charge >= 0.3 is 0 Å². The number of aromatic nitrogens is 3. The summed E-state index contributed by atoms with van der Waals surface area (Å²) >= 11 is 0. The lowest BCUT2D eigenvalue weighted by atomic mass is 10.0. The summed E-state index contributed by atoms with van der Waals surface area (Å²) in [6.07, 6.45) is 3.28. The lowest BCUT2D eigenvalue weighted by molar-refractivity contribution is -0.122. The van der Waals surface area contributed by atoms with Crippen molar-refractivity contribution in [2.75, 3.05) is 0 Å². The number of imidazole rings is 1. The summed E-state index contributed by atoms with van der Waals surface area (Å²) in [4.78, 5) is 29.0. The first kappa shape index (κ1) is 16.0. The van der Waals surface area contributed by atoms with E-state index in [1.807, 2.05) is 44.2 Å². The Kier molecular flexibility index (Phi) is 3.97. The van der Waals surface area contributed by atoms with Crippen LogP contribution in [0, 0.1) is 5.92 Å². The molecule has 0 radical (unpaired) electrons. The molecular weight excluding hydrogens is 304 g/mol. The number of fused-ring (bicyclic) bond motifs is 1. The van der Waals surface area contributed by atoms with Crippen LogP contribution < -0.4 is 11.3 Å². The molecule has 0 bridgehead atoms. The van der Waals surface area contributed by atoms with Crippen LogP contribution in [0.1, 0.15) is 19.9 Å². The number of hydrogen-bond donors (Lipinski definition) is 1. The van der Waals surface area contributed by atoms with Crippen molar-refractivity contribution in [3.8, 4) is 11.4 Å². The highest BCUT2D eigenvalue weighted by Crippen LogP contribution is 2.25. The largest absolute Gasteiger partial charge is 0.368 e. The smallest absolute Gasteiger partial charge is 0.261 e. The van der Waals surface area contributed by atoms with Crippen LogP contribution in [0.4, 0.5) is 0 Å². The van der Waals surface area contributed by atoms with Gasteiger partial charge in [-0.1, -0.05) is 32.0 Å². The predicted molar refractivity (Wildman–Crippen MR) is 93.5 cm³/mol. The van der Waals surface area contributed by atoms with E-state index >= 15 is 0 Å². The molecule has 24 heavy (non-hydrogen) atoms. The number of benzene rings is 1. The normalized spacial score (nSPS) is 12.7. The quantitative estimate of drug-likeness (QED) is 0.797. The van der Waals surface area contributed by atoms with Crippen molar-refractivity contribution in [2.45, 2.75) is 19.9 Å². The summed E-state index contributed by atoms with van der Waals surface area (Å²) in [7, 11) is 1.73. The summed E-state index contributed by atoms with van der Waals surface area (Å²) in [6.45, 7) is 3.83. The van der Waals surface area contributed by atoms with Gasteiger partial charge in [-0.15, -0.1) is 0 Å². The summed E-state index contributed by atoms with van der Waals surface area (Å²) in [5.74, 6) is 0.000439. The zero-order valence-electron chi connectivity index (χ0n) is 13.9. The fourth-order valence-corrected chi connectivity index (χ4v) is 3.12. The molecule has 1 atom stereocenters. The predicted octanol–water partition coefficient (Wildman–Crippen LogP) is 2.08. The third-order valence-corrected chi connectivity index (χ3v) is 4.27. The van der Waals surface area contributed by atoms with Gasteiger partial charge in [0.1, 0.15) is 11.9 Å². The fourth-order valence-electron chi connectivity index (χ4n) is 3.12. The summed E-state index contributed by atoms with van der Waals surface area (Å²) in [5, 5.41) is 0.935. The molecule has 124 valence electrons. The second-order valence-electron chi connectivity index (χ2n) is 6.23. The molecule has 1 amide bonds. The number of primary amides is 1. The minimum atomic E-state index is -0.557. The van der Waals surface area contributed by atoms with E-state index in [9.17, 15) is 9.59 Å². The Hall–Kier alpha value is -2.89.